The first-order chi connectivity index (χ1) is 9.15. The molecule has 1 aliphatic rings. The fourth-order valence-electron chi connectivity index (χ4n) is 2.61. The summed E-state index contributed by atoms with van der Waals surface area (Å²) < 4.78 is 0. The minimum absolute atomic E-state index is 0.0856. The van der Waals surface area contributed by atoms with E-state index in [4.69, 9.17) is 5.41 Å². The second-order valence-corrected chi connectivity index (χ2v) is 5.60. The van der Waals surface area contributed by atoms with Gasteiger partial charge in [0.1, 0.15) is 0 Å². The molecule has 1 unspecified atom stereocenters. The highest BCUT2D eigenvalue weighted by Gasteiger charge is 2.26. The third-order valence-corrected chi connectivity index (χ3v) is 4.37. The Morgan fingerprint density at radius 3 is 2.89 bits per heavy atom. The lowest BCUT2D eigenvalue weighted by Gasteiger charge is -2.25. The predicted molar refractivity (Wildman–Crippen MR) is 75.3 cm³/mol. The van der Waals surface area contributed by atoms with E-state index in [1.807, 2.05) is 23.6 Å². The largest absolute Gasteiger partial charge is 0.324 e. The van der Waals surface area contributed by atoms with E-state index in [-0.39, 0.29) is 15.8 Å². The highest BCUT2D eigenvalue weighted by atomic mass is 32.1. The van der Waals surface area contributed by atoms with Gasteiger partial charge in [-0.15, -0.1) is 0 Å². The Bertz CT molecular complexity index is 663. The van der Waals surface area contributed by atoms with Crippen molar-refractivity contribution in [2.75, 3.05) is 0 Å². The fraction of sp³-hybridized carbons (Fsp3) is 0.214. The average molecular weight is 272 g/mol. The van der Waals surface area contributed by atoms with Gasteiger partial charge in [0.25, 0.3) is 0 Å². The van der Waals surface area contributed by atoms with E-state index in [9.17, 15) is 10.1 Å². The summed E-state index contributed by atoms with van der Waals surface area (Å²) in [5.74, 6) is 0.0856. The molecule has 0 bridgehead atoms. The van der Waals surface area contributed by atoms with E-state index in [0.717, 1.165) is 22.5 Å². The Kier molecular flexibility index (Phi) is 2.91. The van der Waals surface area contributed by atoms with E-state index in [1.54, 1.807) is 6.07 Å². The first kappa shape index (κ1) is 12.0. The second kappa shape index (κ2) is 4.59. The van der Waals surface area contributed by atoms with Crippen LogP contribution >= 0.6 is 11.3 Å². The molecule has 0 aliphatic heterocycles. The molecule has 5 heteroatoms. The molecule has 19 heavy (non-hydrogen) atoms. The molecule has 2 aromatic rings. The van der Waals surface area contributed by atoms with Crippen molar-refractivity contribution in [1.29, 1.82) is 5.41 Å². The second-order valence-electron chi connectivity index (χ2n) is 4.71. The molecular weight excluding hydrogens is 260 g/mol. The third kappa shape index (κ3) is 2.17. The van der Waals surface area contributed by atoms with Gasteiger partial charge in [-0.05, 0) is 23.1 Å². The maximum absolute atomic E-state index is 10.8. The molecule has 0 fully saturated rings. The summed E-state index contributed by atoms with van der Waals surface area (Å²) in [6, 6.07) is 9.71. The number of hydrogen-bond acceptors (Lipinski definition) is 4. The summed E-state index contributed by atoms with van der Waals surface area (Å²) in [6.07, 6.45) is 1.35. The lowest BCUT2D eigenvalue weighted by Crippen LogP contribution is -2.18. The number of thiophene rings is 1. The Balaban J connectivity index is 2.04. The van der Waals surface area contributed by atoms with Crippen molar-refractivity contribution < 1.29 is 4.92 Å². The first-order valence-electron chi connectivity index (χ1n) is 6.02. The monoisotopic (exact) mass is 272 g/mol. The highest BCUT2D eigenvalue weighted by molar-refractivity contribution is 7.13. The van der Waals surface area contributed by atoms with Gasteiger partial charge in [-0.1, -0.05) is 35.6 Å². The van der Waals surface area contributed by atoms with Crippen LogP contribution in [0, 0.1) is 15.5 Å². The van der Waals surface area contributed by atoms with Gasteiger partial charge in [-0.3, -0.25) is 10.1 Å². The maximum atomic E-state index is 10.8. The quantitative estimate of drug-likeness (QED) is 0.668. The van der Waals surface area contributed by atoms with Crippen LogP contribution in [0.2, 0.25) is 0 Å². The van der Waals surface area contributed by atoms with Crippen molar-refractivity contribution in [2.45, 2.75) is 18.8 Å². The maximum Gasteiger partial charge on any atom is 0.324 e. The average Bonchev–Trinajstić information content (AvgIpc) is 2.87. The Morgan fingerprint density at radius 2 is 2.16 bits per heavy atom. The lowest BCUT2D eigenvalue weighted by atomic mass is 9.79. The van der Waals surface area contributed by atoms with Crippen molar-refractivity contribution in [3.8, 4) is 0 Å². The molecule has 1 aromatic carbocycles. The van der Waals surface area contributed by atoms with E-state index in [1.165, 1.54) is 5.56 Å². The molecule has 1 atom stereocenters. The lowest BCUT2D eigenvalue weighted by molar-refractivity contribution is -0.380. The van der Waals surface area contributed by atoms with Crippen LogP contribution in [0.25, 0.3) is 0 Å². The van der Waals surface area contributed by atoms with Crippen LogP contribution < -0.4 is 0 Å². The zero-order chi connectivity index (χ0) is 13.4. The smallest absolute Gasteiger partial charge is 0.309 e. The molecule has 3 rings (SSSR count). The molecular formula is C14H12N2O2S. The van der Waals surface area contributed by atoms with E-state index in [2.05, 4.69) is 6.07 Å². The van der Waals surface area contributed by atoms with Crippen molar-refractivity contribution in [1.82, 2.24) is 0 Å². The summed E-state index contributed by atoms with van der Waals surface area (Å²) in [7, 11) is 0. The van der Waals surface area contributed by atoms with E-state index < -0.39 is 0 Å². The molecule has 0 saturated heterocycles. The number of hydrogen-bond donors (Lipinski definition) is 1. The molecule has 0 amide bonds. The van der Waals surface area contributed by atoms with Crippen LogP contribution in [0.15, 0.2) is 35.7 Å². The summed E-state index contributed by atoms with van der Waals surface area (Å²) in [5, 5.41) is 20.8. The number of nitrogens with zero attached hydrogens (tertiary/aromatic N) is 1. The topological polar surface area (TPSA) is 67.0 Å². The van der Waals surface area contributed by atoms with Crippen molar-refractivity contribution in [2.24, 2.45) is 0 Å². The van der Waals surface area contributed by atoms with E-state index in [0.29, 0.717) is 18.6 Å². The SMILES string of the molecule is N=C1Cc2ccccc2C(c2csc([N+](=O)[O-])c2)C1. The van der Waals surface area contributed by atoms with Crippen LogP contribution in [-0.2, 0) is 6.42 Å². The molecule has 1 aliphatic carbocycles. The van der Waals surface area contributed by atoms with Gasteiger partial charge in [0.05, 0.1) is 4.92 Å². The van der Waals surface area contributed by atoms with Gasteiger partial charge in [0.2, 0.25) is 0 Å². The minimum atomic E-state index is -0.353. The number of nitrogens with one attached hydrogen (secondary N) is 1. The zero-order valence-corrected chi connectivity index (χ0v) is 10.9. The predicted octanol–water partition coefficient (Wildman–Crippen LogP) is 3.75. The zero-order valence-electron chi connectivity index (χ0n) is 10.1. The van der Waals surface area contributed by atoms with Gasteiger partial charge >= 0.3 is 5.00 Å². The molecule has 1 heterocycles. The van der Waals surface area contributed by atoms with Crippen molar-refractivity contribution >= 4 is 22.0 Å². The number of rotatable bonds is 2. The van der Waals surface area contributed by atoms with Crippen LogP contribution in [0.4, 0.5) is 5.00 Å². The van der Waals surface area contributed by atoms with Gasteiger partial charge in [-0.2, -0.15) is 0 Å². The number of nitro groups is 1. The van der Waals surface area contributed by atoms with Gasteiger partial charge < -0.3 is 5.41 Å². The van der Waals surface area contributed by atoms with Gasteiger partial charge in [-0.25, -0.2) is 0 Å². The molecule has 0 radical (unpaired) electrons. The summed E-state index contributed by atoms with van der Waals surface area (Å²) >= 11 is 1.16. The van der Waals surface area contributed by atoms with Crippen LogP contribution in [0.5, 0.6) is 0 Å². The molecule has 0 spiro atoms. The molecule has 96 valence electrons. The fourth-order valence-corrected chi connectivity index (χ4v) is 3.39. The molecule has 4 nitrogen and oxygen atoms in total. The van der Waals surface area contributed by atoms with Gasteiger partial charge in [0, 0.05) is 29.5 Å². The third-order valence-electron chi connectivity index (χ3n) is 3.47. The minimum Gasteiger partial charge on any atom is -0.309 e. The van der Waals surface area contributed by atoms with Crippen molar-refractivity contribution in [3.05, 3.63) is 62.5 Å². The standard InChI is InChI=1S/C14H12N2O2S/c15-11-5-9-3-1-2-4-12(9)13(7-11)10-6-14(16(17)18)19-8-10/h1-4,6,8,13,15H,5,7H2. The highest BCUT2D eigenvalue weighted by Crippen LogP contribution is 2.38. The van der Waals surface area contributed by atoms with Gasteiger partial charge in [0.15, 0.2) is 0 Å². The van der Waals surface area contributed by atoms with E-state index >= 15 is 0 Å². The molecule has 0 saturated carbocycles. The van der Waals surface area contributed by atoms with Crippen molar-refractivity contribution in [3.63, 3.8) is 0 Å². The summed E-state index contributed by atoms with van der Waals surface area (Å²) in [6.45, 7) is 0. The summed E-state index contributed by atoms with van der Waals surface area (Å²) in [4.78, 5) is 10.4. The normalized spacial score (nSPS) is 18.1. The summed E-state index contributed by atoms with van der Waals surface area (Å²) in [5.41, 5.74) is 4.01. The molecule has 1 N–H and O–H groups in total. The van der Waals surface area contributed by atoms with Crippen LogP contribution in [0.3, 0.4) is 0 Å². The Morgan fingerprint density at radius 1 is 1.37 bits per heavy atom. The number of benzene rings is 1. The van der Waals surface area contributed by atoms with Crippen LogP contribution in [-0.4, -0.2) is 10.6 Å². The first-order valence-corrected chi connectivity index (χ1v) is 6.90. The molecule has 1 aromatic heterocycles. The Hall–Kier alpha value is -2.01. The number of fused-ring (bicyclic) bond motifs is 1. The van der Waals surface area contributed by atoms with Crippen LogP contribution in [0.1, 0.15) is 29.0 Å². The Labute approximate surface area is 114 Å².